The van der Waals surface area contributed by atoms with Crippen molar-refractivity contribution >= 4 is 17.5 Å². The number of carbonyl (C=O) groups excluding carboxylic acids is 1. The third-order valence-corrected chi connectivity index (χ3v) is 5.14. The number of amides is 1. The number of nitrogens with one attached hydrogen (secondary N) is 1. The van der Waals surface area contributed by atoms with Crippen molar-refractivity contribution in [3.8, 4) is 5.69 Å². The summed E-state index contributed by atoms with van der Waals surface area (Å²) in [5, 5.41) is 14.3. The number of nitro groups is 1. The average molecular weight is 422 g/mol. The third kappa shape index (κ3) is 4.83. The maximum Gasteiger partial charge on any atom is 0.294 e. The average Bonchev–Trinajstić information content (AvgIpc) is 3.34. The number of nitro benzene ring substituents is 1. The number of imidazole rings is 1. The van der Waals surface area contributed by atoms with Gasteiger partial charge >= 0.3 is 0 Å². The van der Waals surface area contributed by atoms with E-state index in [1.807, 2.05) is 0 Å². The molecule has 0 radical (unpaired) electrons. The van der Waals surface area contributed by atoms with Crippen molar-refractivity contribution in [3.63, 3.8) is 0 Å². The Bertz CT molecular complexity index is 1030. The fourth-order valence-corrected chi connectivity index (χ4v) is 3.49. The minimum Gasteiger partial charge on any atom is -0.351 e. The number of nitrogens with zero attached hydrogens (tertiary/aromatic N) is 7. The van der Waals surface area contributed by atoms with E-state index >= 15 is 0 Å². The Morgan fingerprint density at radius 2 is 1.90 bits per heavy atom. The van der Waals surface area contributed by atoms with E-state index in [9.17, 15) is 14.9 Å². The summed E-state index contributed by atoms with van der Waals surface area (Å²) in [6.07, 6.45) is 8.10. The van der Waals surface area contributed by atoms with E-state index in [1.165, 1.54) is 18.6 Å². The van der Waals surface area contributed by atoms with Gasteiger partial charge in [0.1, 0.15) is 5.69 Å². The lowest BCUT2D eigenvalue weighted by Gasteiger charge is -2.34. The molecule has 1 aliphatic heterocycles. The highest BCUT2D eigenvalue weighted by Crippen LogP contribution is 2.24. The largest absolute Gasteiger partial charge is 0.351 e. The molecule has 3 heterocycles. The molecule has 4 rings (SSSR count). The lowest BCUT2D eigenvalue weighted by Crippen LogP contribution is -2.49. The van der Waals surface area contributed by atoms with E-state index in [0.29, 0.717) is 18.8 Å². The number of hydrogen-bond acceptors (Lipinski definition) is 8. The Labute approximate surface area is 178 Å². The summed E-state index contributed by atoms with van der Waals surface area (Å²) in [7, 11) is 0. The summed E-state index contributed by atoms with van der Waals surface area (Å²) in [4.78, 5) is 40.3. The first-order valence-corrected chi connectivity index (χ1v) is 9.91. The summed E-state index contributed by atoms with van der Waals surface area (Å²) in [6, 6.07) is 6.22. The Hall–Kier alpha value is -3.86. The third-order valence-electron chi connectivity index (χ3n) is 5.14. The molecule has 11 heteroatoms. The molecule has 1 aliphatic rings. The Kier molecular flexibility index (Phi) is 6.13. The van der Waals surface area contributed by atoms with Gasteiger partial charge in [0.05, 0.1) is 11.3 Å². The van der Waals surface area contributed by atoms with Crippen LogP contribution >= 0.6 is 0 Å². The summed E-state index contributed by atoms with van der Waals surface area (Å²) < 4.78 is 1.54. The standard InChI is InChI=1S/C20H22N8O3/c29-19(16-2-3-17(18(14-16)28(30)31)27-9-6-21-15-27)22-7-8-25-10-12-26(13-11-25)20-23-4-1-5-24-20/h1-6,9,14-15H,7-8,10-13H2,(H,22,29). The molecule has 0 saturated carbocycles. The number of anilines is 1. The topological polar surface area (TPSA) is 122 Å². The van der Waals surface area contributed by atoms with Crippen LogP contribution in [0.2, 0.25) is 0 Å². The SMILES string of the molecule is O=C(NCCN1CCN(c2ncccn2)CC1)c1ccc(-n2ccnc2)c([N+](=O)[O-])c1. The Morgan fingerprint density at radius 3 is 2.58 bits per heavy atom. The van der Waals surface area contributed by atoms with Crippen LogP contribution in [0.4, 0.5) is 11.6 Å². The van der Waals surface area contributed by atoms with Gasteiger partial charge in [0.15, 0.2) is 0 Å². The molecule has 11 nitrogen and oxygen atoms in total. The van der Waals surface area contributed by atoms with Crippen molar-refractivity contribution in [1.29, 1.82) is 0 Å². The summed E-state index contributed by atoms with van der Waals surface area (Å²) in [6.45, 7) is 4.49. The molecule has 1 fully saturated rings. The lowest BCUT2D eigenvalue weighted by atomic mass is 10.1. The Balaban J connectivity index is 1.29. The van der Waals surface area contributed by atoms with E-state index in [0.717, 1.165) is 32.1 Å². The molecule has 31 heavy (non-hydrogen) atoms. The van der Waals surface area contributed by atoms with Crippen molar-refractivity contribution in [2.24, 2.45) is 0 Å². The van der Waals surface area contributed by atoms with Crippen molar-refractivity contribution in [2.45, 2.75) is 0 Å². The molecule has 0 spiro atoms. The molecule has 1 aromatic carbocycles. The summed E-state index contributed by atoms with van der Waals surface area (Å²) in [5.41, 5.74) is 0.464. The number of carbonyl (C=O) groups is 1. The van der Waals surface area contributed by atoms with Crippen LogP contribution in [0.25, 0.3) is 5.69 Å². The van der Waals surface area contributed by atoms with Crippen LogP contribution in [-0.4, -0.2) is 74.5 Å². The van der Waals surface area contributed by atoms with Gasteiger partial charge in [-0.05, 0) is 18.2 Å². The van der Waals surface area contributed by atoms with Crippen molar-refractivity contribution in [1.82, 2.24) is 29.7 Å². The van der Waals surface area contributed by atoms with Crippen LogP contribution in [0.3, 0.4) is 0 Å². The van der Waals surface area contributed by atoms with Crippen LogP contribution in [0, 0.1) is 10.1 Å². The van der Waals surface area contributed by atoms with Gasteiger partial charge in [0.25, 0.3) is 11.6 Å². The number of benzene rings is 1. The molecule has 160 valence electrons. The monoisotopic (exact) mass is 422 g/mol. The van der Waals surface area contributed by atoms with E-state index in [4.69, 9.17) is 0 Å². The van der Waals surface area contributed by atoms with Crippen LogP contribution in [0.15, 0.2) is 55.4 Å². The van der Waals surface area contributed by atoms with Crippen molar-refractivity contribution < 1.29 is 9.72 Å². The Morgan fingerprint density at radius 1 is 1.13 bits per heavy atom. The lowest BCUT2D eigenvalue weighted by molar-refractivity contribution is -0.384. The molecule has 3 aromatic rings. The van der Waals surface area contributed by atoms with E-state index in [-0.39, 0.29) is 17.2 Å². The zero-order valence-electron chi connectivity index (χ0n) is 16.8. The number of piperazine rings is 1. The molecule has 1 amide bonds. The van der Waals surface area contributed by atoms with Gasteiger partial charge < -0.3 is 14.8 Å². The van der Waals surface area contributed by atoms with E-state index < -0.39 is 4.92 Å². The minimum atomic E-state index is -0.498. The molecule has 1 N–H and O–H groups in total. The quantitative estimate of drug-likeness (QED) is 0.444. The molecule has 0 bridgehead atoms. The molecule has 0 unspecified atom stereocenters. The van der Waals surface area contributed by atoms with E-state index in [2.05, 4.69) is 30.1 Å². The predicted octanol–water partition coefficient (Wildman–Crippen LogP) is 1.12. The van der Waals surface area contributed by atoms with Crippen LogP contribution in [-0.2, 0) is 0 Å². The van der Waals surface area contributed by atoms with Crippen molar-refractivity contribution in [3.05, 3.63) is 71.1 Å². The summed E-state index contributed by atoms with van der Waals surface area (Å²) >= 11 is 0. The first kappa shape index (κ1) is 20.4. The van der Waals surface area contributed by atoms with Crippen LogP contribution in [0.1, 0.15) is 10.4 Å². The van der Waals surface area contributed by atoms with Gasteiger partial charge in [-0.1, -0.05) is 0 Å². The number of rotatable bonds is 7. The second-order valence-corrected chi connectivity index (χ2v) is 7.06. The molecular weight excluding hydrogens is 400 g/mol. The van der Waals surface area contributed by atoms with Gasteiger partial charge in [0, 0.05) is 75.7 Å². The second kappa shape index (κ2) is 9.30. The zero-order chi connectivity index (χ0) is 21.6. The predicted molar refractivity (Wildman–Crippen MR) is 113 cm³/mol. The minimum absolute atomic E-state index is 0.148. The van der Waals surface area contributed by atoms with Gasteiger partial charge in [0.2, 0.25) is 5.95 Å². The summed E-state index contributed by atoms with van der Waals surface area (Å²) in [5.74, 6) is 0.396. The highest BCUT2D eigenvalue weighted by Gasteiger charge is 2.20. The van der Waals surface area contributed by atoms with Crippen molar-refractivity contribution in [2.75, 3.05) is 44.2 Å². The molecule has 2 aromatic heterocycles. The maximum absolute atomic E-state index is 12.5. The number of hydrogen-bond donors (Lipinski definition) is 1. The molecule has 0 atom stereocenters. The van der Waals surface area contributed by atoms with Gasteiger partial charge in [-0.15, -0.1) is 0 Å². The highest BCUT2D eigenvalue weighted by molar-refractivity contribution is 5.95. The highest BCUT2D eigenvalue weighted by atomic mass is 16.6. The first-order chi connectivity index (χ1) is 15.1. The van der Waals surface area contributed by atoms with E-state index in [1.54, 1.807) is 41.4 Å². The smallest absolute Gasteiger partial charge is 0.294 e. The molecule has 1 saturated heterocycles. The molecular formula is C20H22N8O3. The maximum atomic E-state index is 12.5. The van der Waals surface area contributed by atoms with Crippen LogP contribution < -0.4 is 10.2 Å². The van der Waals surface area contributed by atoms with Gasteiger partial charge in [-0.25, -0.2) is 15.0 Å². The fraction of sp³-hybridized carbons (Fsp3) is 0.300. The normalized spacial score (nSPS) is 14.4. The van der Waals surface area contributed by atoms with Crippen LogP contribution in [0.5, 0.6) is 0 Å². The molecule has 0 aliphatic carbocycles. The zero-order valence-corrected chi connectivity index (χ0v) is 16.8. The first-order valence-electron chi connectivity index (χ1n) is 9.91. The van der Waals surface area contributed by atoms with Gasteiger partial charge in [-0.2, -0.15) is 0 Å². The van der Waals surface area contributed by atoms with Gasteiger partial charge in [-0.3, -0.25) is 19.8 Å². The number of aromatic nitrogens is 4. The second-order valence-electron chi connectivity index (χ2n) is 7.06. The fourth-order valence-electron chi connectivity index (χ4n) is 3.49.